The van der Waals surface area contributed by atoms with Crippen molar-refractivity contribution >= 4 is 38.6 Å². The van der Waals surface area contributed by atoms with Crippen LogP contribution in [0.4, 0.5) is 5.69 Å². The molecule has 0 atom stereocenters. The van der Waals surface area contributed by atoms with Gasteiger partial charge in [-0.25, -0.2) is 15.0 Å². The number of nitrogens with one attached hydrogen (secondary N) is 1. The molecular formula is C21H19ClN4O3S2. The van der Waals surface area contributed by atoms with E-state index in [0.29, 0.717) is 11.3 Å². The highest BCUT2D eigenvalue weighted by Gasteiger charge is 2.26. The van der Waals surface area contributed by atoms with Crippen LogP contribution in [0.3, 0.4) is 0 Å². The van der Waals surface area contributed by atoms with Gasteiger partial charge in [-0.3, -0.25) is 4.72 Å². The molecule has 0 amide bonds. The number of halogens is 1. The maximum absolute atomic E-state index is 12.6. The van der Waals surface area contributed by atoms with Crippen LogP contribution in [-0.2, 0) is 15.4 Å². The van der Waals surface area contributed by atoms with E-state index in [1.165, 1.54) is 36.1 Å². The van der Waals surface area contributed by atoms with Crippen molar-refractivity contribution in [3.8, 4) is 21.8 Å². The fraction of sp³-hybridized carbons (Fsp3) is 0.190. The van der Waals surface area contributed by atoms with E-state index in [4.69, 9.17) is 21.0 Å². The van der Waals surface area contributed by atoms with Crippen molar-refractivity contribution < 1.29 is 12.8 Å². The van der Waals surface area contributed by atoms with E-state index in [-0.39, 0.29) is 21.2 Å². The van der Waals surface area contributed by atoms with Crippen molar-refractivity contribution in [3.05, 3.63) is 65.2 Å². The minimum Gasteiger partial charge on any atom is -0.451 e. The number of aromatic nitrogens is 3. The molecule has 1 N–H and O–H groups in total. The molecule has 10 heteroatoms. The zero-order valence-corrected chi connectivity index (χ0v) is 19.3. The number of rotatable bonds is 5. The molecule has 4 rings (SSSR count). The van der Waals surface area contributed by atoms with Gasteiger partial charge in [-0.2, -0.15) is 8.42 Å². The molecule has 0 aliphatic heterocycles. The van der Waals surface area contributed by atoms with Crippen molar-refractivity contribution in [1.82, 2.24) is 15.0 Å². The van der Waals surface area contributed by atoms with Crippen molar-refractivity contribution in [2.75, 3.05) is 4.72 Å². The van der Waals surface area contributed by atoms with Crippen molar-refractivity contribution in [2.24, 2.45) is 0 Å². The molecule has 0 aliphatic carbocycles. The van der Waals surface area contributed by atoms with Gasteiger partial charge in [-0.15, -0.1) is 11.3 Å². The van der Waals surface area contributed by atoms with E-state index < -0.39 is 10.0 Å². The summed E-state index contributed by atoms with van der Waals surface area (Å²) in [7, 11) is -3.91. The Morgan fingerprint density at radius 3 is 2.58 bits per heavy atom. The third-order valence-corrected chi connectivity index (χ3v) is 7.50. The highest BCUT2D eigenvalue weighted by Crippen LogP contribution is 2.43. The summed E-state index contributed by atoms with van der Waals surface area (Å²) in [6.07, 6.45) is 4.44. The fourth-order valence-corrected chi connectivity index (χ4v) is 5.26. The van der Waals surface area contributed by atoms with Gasteiger partial charge < -0.3 is 4.42 Å². The summed E-state index contributed by atoms with van der Waals surface area (Å²) in [5.74, 6) is 0. The number of hydrogen-bond acceptors (Lipinski definition) is 7. The van der Waals surface area contributed by atoms with E-state index in [9.17, 15) is 8.42 Å². The molecule has 0 bridgehead atoms. The van der Waals surface area contributed by atoms with Crippen LogP contribution in [0.1, 0.15) is 25.8 Å². The first-order valence-electron chi connectivity index (χ1n) is 9.30. The van der Waals surface area contributed by atoms with E-state index >= 15 is 0 Å². The molecule has 4 aromatic rings. The maximum Gasteiger partial charge on any atom is 0.295 e. The first-order valence-corrected chi connectivity index (χ1v) is 12.0. The topological polar surface area (TPSA) is 98.0 Å². The molecular weight excluding hydrogens is 456 g/mol. The second-order valence-corrected chi connectivity index (χ2v) is 10.7. The summed E-state index contributed by atoms with van der Waals surface area (Å²) in [6.45, 7) is 6.23. The van der Waals surface area contributed by atoms with Crippen LogP contribution < -0.4 is 4.72 Å². The molecule has 1 aromatic carbocycles. The van der Waals surface area contributed by atoms with E-state index in [1.807, 2.05) is 0 Å². The lowest BCUT2D eigenvalue weighted by molar-refractivity contribution is 0.452. The van der Waals surface area contributed by atoms with Gasteiger partial charge in [0.05, 0.1) is 38.2 Å². The fourth-order valence-electron chi connectivity index (χ4n) is 2.83. The van der Waals surface area contributed by atoms with Crippen molar-refractivity contribution in [2.45, 2.75) is 31.3 Å². The normalized spacial score (nSPS) is 12.1. The molecule has 0 unspecified atom stereocenters. The van der Waals surface area contributed by atoms with Crippen LogP contribution >= 0.6 is 22.9 Å². The number of anilines is 1. The second-order valence-electron chi connectivity index (χ2n) is 7.75. The third kappa shape index (κ3) is 4.34. The summed E-state index contributed by atoms with van der Waals surface area (Å²) in [4.78, 5) is 14.0. The molecule has 0 fully saturated rings. The summed E-state index contributed by atoms with van der Waals surface area (Å²) in [6, 6.07) is 9.79. The zero-order valence-electron chi connectivity index (χ0n) is 17.0. The Morgan fingerprint density at radius 2 is 1.94 bits per heavy atom. The minimum atomic E-state index is -3.91. The van der Waals surface area contributed by atoms with Crippen LogP contribution in [0.5, 0.6) is 0 Å². The summed E-state index contributed by atoms with van der Waals surface area (Å²) in [5.41, 5.74) is 2.00. The Labute approximate surface area is 189 Å². The number of benzene rings is 1. The molecule has 0 radical (unpaired) electrons. The molecule has 31 heavy (non-hydrogen) atoms. The second kappa shape index (κ2) is 8.07. The Morgan fingerprint density at radius 1 is 1.13 bits per heavy atom. The standard InChI is InChI=1S/C21H19ClN4O3S2/c1-21(2,3)20-25-18(19(30-20)15-9-10-23-12-24-15)13-6-4-7-14(17(13)22)26-31(27,28)16-8-5-11-29-16/h4-12,26H,1-3H3. The molecule has 0 saturated heterocycles. The lowest BCUT2D eigenvalue weighted by atomic mass is 9.98. The number of sulfonamides is 1. The Bertz CT molecular complexity index is 1310. The zero-order chi connectivity index (χ0) is 22.2. The van der Waals surface area contributed by atoms with Gasteiger partial charge in [0.15, 0.2) is 0 Å². The third-order valence-electron chi connectivity index (χ3n) is 4.34. The average Bonchev–Trinajstić information content (AvgIpc) is 3.40. The highest BCUT2D eigenvalue weighted by molar-refractivity contribution is 7.92. The van der Waals surface area contributed by atoms with Crippen LogP contribution in [0.25, 0.3) is 21.8 Å². The summed E-state index contributed by atoms with van der Waals surface area (Å²) < 4.78 is 32.7. The number of nitrogens with zero attached hydrogens (tertiary/aromatic N) is 3. The number of thiazole rings is 1. The van der Waals surface area contributed by atoms with Crippen LogP contribution in [0.15, 0.2) is 64.7 Å². The van der Waals surface area contributed by atoms with Crippen molar-refractivity contribution in [3.63, 3.8) is 0 Å². The largest absolute Gasteiger partial charge is 0.451 e. The smallest absolute Gasteiger partial charge is 0.295 e. The number of hydrogen-bond donors (Lipinski definition) is 1. The first kappa shape index (κ1) is 21.5. The highest BCUT2D eigenvalue weighted by atomic mass is 35.5. The molecule has 0 spiro atoms. The quantitative estimate of drug-likeness (QED) is 0.403. The monoisotopic (exact) mass is 474 g/mol. The van der Waals surface area contributed by atoms with Crippen molar-refractivity contribution in [1.29, 1.82) is 0 Å². The van der Waals surface area contributed by atoms with E-state index in [1.54, 1.807) is 30.5 Å². The van der Waals surface area contributed by atoms with E-state index in [2.05, 4.69) is 35.5 Å². The lowest BCUT2D eigenvalue weighted by Gasteiger charge is -2.14. The first-order chi connectivity index (χ1) is 14.7. The predicted octanol–water partition coefficient (Wildman–Crippen LogP) is 5.61. The number of furan rings is 1. The average molecular weight is 475 g/mol. The molecule has 3 heterocycles. The molecule has 3 aromatic heterocycles. The van der Waals surface area contributed by atoms with Gasteiger partial charge in [-0.05, 0) is 24.3 Å². The predicted molar refractivity (Wildman–Crippen MR) is 122 cm³/mol. The molecule has 0 aliphatic rings. The molecule has 0 saturated carbocycles. The van der Waals surface area contributed by atoms with E-state index in [0.717, 1.165) is 15.6 Å². The van der Waals surface area contributed by atoms with Gasteiger partial charge >= 0.3 is 0 Å². The SMILES string of the molecule is CC(C)(C)c1nc(-c2cccc(NS(=O)(=O)c3ccco3)c2Cl)c(-c2ccncn2)s1. The molecule has 160 valence electrons. The Hall–Kier alpha value is -2.75. The van der Waals surface area contributed by atoms with Gasteiger partial charge in [0.2, 0.25) is 5.09 Å². The van der Waals surface area contributed by atoms with Crippen LogP contribution in [-0.4, -0.2) is 23.4 Å². The Kier molecular flexibility index (Phi) is 5.59. The summed E-state index contributed by atoms with van der Waals surface area (Å²) in [5, 5.41) is 0.951. The van der Waals surface area contributed by atoms with Gasteiger partial charge in [0, 0.05) is 17.2 Å². The lowest BCUT2D eigenvalue weighted by Crippen LogP contribution is -2.12. The minimum absolute atomic E-state index is 0.185. The van der Waals surface area contributed by atoms with Gasteiger partial charge in [0.1, 0.15) is 6.33 Å². The summed E-state index contributed by atoms with van der Waals surface area (Å²) >= 11 is 8.19. The van der Waals surface area contributed by atoms with Crippen LogP contribution in [0, 0.1) is 0 Å². The van der Waals surface area contributed by atoms with Gasteiger partial charge in [0.25, 0.3) is 10.0 Å². The maximum atomic E-state index is 12.6. The molecule has 7 nitrogen and oxygen atoms in total. The van der Waals surface area contributed by atoms with Crippen LogP contribution in [0.2, 0.25) is 5.02 Å². The Balaban J connectivity index is 1.84. The van der Waals surface area contributed by atoms with Gasteiger partial charge in [-0.1, -0.05) is 44.5 Å².